The van der Waals surface area contributed by atoms with Crippen molar-refractivity contribution in [3.05, 3.63) is 46.0 Å². The van der Waals surface area contributed by atoms with Crippen LogP contribution >= 0.6 is 0 Å². The number of hydrogen-bond acceptors (Lipinski definition) is 9. The van der Waals surface area contributed by atoms with Crippen LogP contribution in [0.3, 0.4) is 0 Å². The van der Waals surface area contributed by atoms with Crippen molar-refractivity contribution >= 4 is 46.0 Å². The molecule has 0 unspecified atom stereocenters. The molecule has 0 spiro atoms. The van der Waals surface area contributed by atoms with E-state index in [-0.39, 0.29) is 34.6 Å². The van der Waals surface area contributed by atoms with E-state index in [1.165, 1.54) is 6.92 Å². The number of ketones is 2. The maximum absolute atomic E-state index is 13.4. The number of nitrogens with zero attached hydrogens (tertiary/aromatic N) is 6. The van der Waals surface area contributed by atoms with Crippen LogP contribution in [0.25, 0.3) is 11.0 Å². The summed E-state index contributed by atoms with van der Waals surface area (Å²) in [6.45, 7) is 7.45. The van der Waals surface area contributed by atoms with Crippen molar-refractivity contribution in [2.45, 2.75) is 71.8 Å². The first kappa shape index (κ1) is 28.4. The number of pyridine rings is 2. The first-order valence-electron chi connectivity index (χ1n) is 14.4. The van der Waals surface area contributed by atoms with Gasteiger partial charge in [-0.3, -0.25) is 19.0 Å². The van der Waals surface area contributed by atoms with Crippen LogP contribution in [0, 0.1) is 6.92 Å². The van der Waals surface area contributed by atoms with Gasteiger partial charge in [0.25, 0.3) is 5.56 Å². The third kappa shape index (κ3) is 6.13. The standard InChI is InChI=1S/C30H37N7O4/c1-19(38)7-6-10-26(40)36-15-13-35(14-16-36)23-11-12-25(31-17-23)33-30-32-18-24-20(2)27(21(3)39)29(41)37(28(24)34-30)22-8-4-5-9-22/h11-12,17-18,22H,4-10,13-16H2,1-3H3,(H,31,32,33,34). The topological polar surface area (TPSA) is 130 Å². The Hall–Kier alpha value is -4.15. The van der Waals surface area contributed by atoms with Crippen LogP contribution in [0.1, 0.15) is 80.8 Å². The van der Waals surface area contributed by atoms with Gasteiger partial charge in [-0.15, -0.1) is 0 Å². The van der Waals surface area contributed by atoms with E-state index in [2.05, 4.69) is 20.2 Å². The zero-order valence-corrected chi connectivity index (χ0v) is 24.0. The first-order chi connectivity index (χ1) is 19.7. The summed E-state index contributed by atoms with van der Waals surface area (Å²) in [7, 11) is 0. The highest BCUT2D eigenvalue weighted by molar-refractivity contribution is 5.99. The van der Waals surface area contributed by atoms with Crippen molar-refractivity contribution in [3.8, 4) is 0 Å². The quantitative estimate of drug-likeness (QED) is 0.387. The van der Waals surface area contributed by atoms with E-state index in [1.807, 2.05) is 17.0 Å². The summed E-state index contributed by atoms with van der Waals surface area (Å²) in [5.41, 5.74) is 2.04. The fourth-order valence-corrected chi connectivity index (χ4v) is 5.93. The lowest BCUT2D eigenvalue weighted by Crippen LogP contribution is -2.48. The number of carbonyl (C=O) groups excluding carboxylic acids is 3. The molecule has 3 aromatic heterocycles. The molecule has 1 aliphatic carbocycles. The number of Topliss-reactive ketones (excluding diaryl/α,β-unsaturated/α-hetero) is 2. The molecule has 216 valence electrons. The number of nitrogens with one attached hydrogen (secondary N) is 1. The lowest BCUT2D eigenvalue weighted by molar-refractivity contribution is -0.131. The highest BCUT2D eigenvalue weighted by atomic mass is 16.2. The van der Waals surface area contributed by atoms with Crippen LogP contribution in [-0.4, -0.2) is 68.1 Å². The van der Waals surface area contributed by atoms with E-state index in [0.717, 1.165) is 31.4 Å². The second-order valence-electron chi connectivity index (χ2n) is 11.1. The number of amides is 1. The molecule has 2 aliphatic rings. The van der Waals surface area contributed by atoms with Crippen LogP contribution in [0.4, 0.5) is 17.5 Å². The normalized spacial score (nSPS) is 15.9. The number of anilines is 3. The van der Waals surface area contributed by atoms with E-state index in [1.54, 1.807) is 30.8 Å². The van der Waals surface area contributed by atoms with Gasteiger partial charge in [-0.05, 0) is 57.7 Å². The number of aromatic nitrogens is 4. The van der Waals surface area contributed by atoms with Gasteiger partial charge in [-0.1, -0.05) is 12.8 Å². The lowest BCUT2D eigenvalue weighted by Gasteiger charge is -2.36. The molecule has 3 aromatic rings. The number of piperazine rings is 1. The van der Waals surface area contributed by atoms with Gasteiger partial charge in [0.05, 0.1) is 17.4 Å². The highest BCUT2D eigenvalue weighted by Crippen LogP contribution is 2.32. The van der Waals surface area contributed by atoms with Gasteiger partial charge in [-0.25, -0.2) is 9.97 Å². The number of hydrogen-bond donors (Lipinski definition) is 1. The molecule has 0 bridgehead atoms. The van der Waals surface area contributed by atoms with Crippen molar-refractivity contribution < 1.29 is 14.4 Å². The van der Waals surface area contributed by atoms with Crippen molar-refractivity contribution in [3.63, 3.8) is 0 Å². The van der Waals surface area contributed by atoms with Gasteiger partial charge in [0, 0.05) is 56.6 Å². The Bertz CT molecular complexity index is 1520. The van der Waals surface area contributed by atoms with E-state index in [9.17, 15) is 19.2 Å². The van der Waals surface area contributed by atoms with Gasteiger partial charge in [0.15, 0.2) is 5.78 Å². The largest absolute Gasteiger partial charge is 0.367 e. The van der Waals surface area contributed by atoms with E-state index in [4.69, 9.17) is 4.98 Å². The summed E-state index contributed by atoms with van der Waals surface area (Å²) in [6.07, 6.45) is 8.77. The Kier molecular flexibility index (Phi) is 8.41. The molecule has 11 nitrogen and oxygen atoms in total. The molecule has 2 fully saturated rings. The average molecular weight is 560 g/mol. The van der Waals surface area contributed by atoms with Gasteiger partial charge < -0.3 is 19.9 Å². The molecule has 0 aromatic carbocycles. The molecule has 1 saturated heterocycles. The first-order valence-corrected chi connectivity index (χ1v) is 14.4. The summed E-state index contributed by atoms with van der Waals surface area (Å²) in [5, 5.41) is 3.86. The Balaban J connectivity index is 1.29. The minimum absolute atomic E-state index is 0.0140. The molecular weight excluding hydrogens is 522 g/mol. The van der Waals surface area contributed by atoms with E-state index in [0.29, 0.717) is 73.8 Å². The Morgan fingerprint density at radius 3 is 2.34 bits per heavy atom. The van der Waals surface area contributed by atoms with E-state index >= 15 is 0 Å². The maximum Gasteiger partial charge on any atom is 0.263 e. The Morgan fingerprint density at radius 1 is 0.976 bits per heavy atom. The van der Waals surface area contributed by atoms with Crippen molar-refractivity contribution in [1.82, 2.24) is 24.4 Å². The molecule has 1 saturated carbocycles. The molecule has 1 N–H and O–H groups in total. The number of aryl methyl sites for hydroxylation is 1. The van der Waals surface area contributed by atoms with Crippen molar-refractivity contribution in [2.24, 2.45) is 0 Å². The van der Waals surface area contributed by atoms with Gasteiger partial charge >= 0.3 is 0 Å². The van der Waals surface area contributed by atoms with Crippen molar-refractivity contribution in [1.29, 1.82) is 0 Å². The zero-order valence-electron chi connectivity index (χ0n) is 24.0. The molecule has 4 heterocycles. The summed E-state index contributed by atoms with van der Waals surface area (Å²) in [6, 6.07) is 3.84. The predicted octanol–water partition coefficient (Wildman–Crippen LogP) is 3.96. The number of carbonyl (C=O) groups is 3. The fourth-order valence-electron chi connectivity index (χ4n) is 5.93. The van der Waals surface area contributed by atoms with Crippen LogP contribution in [0.5, 0.6) is 0 Å². The van der Waals surface area contributed by atoms with Crippen LogP contribution < -0.4 is 15.8 Å². The second kappa shape index (κ2) is 12.2. The van der Waals surface area contributed by atoms with Gasteiger partial charge in [-0.2, -0.15) is 4.98 Å². The van der Waals surface area contributed by atoms with Crippen LogP contribution in [0.2, 0.25) is 0 Å². The molecule has 41 heavy (non-hydrogen) atoms. The molecular formula is C30H37N7O4. The minimum Gasteiger partial charge on any atom is -0.367 e. The van der Waals surface area contributed by atoms with Crippen LogP contribution in [0.15, 0.2) is 29.3 Å². The van der Waals surface area contributed by atoms with Crippen molar-refractivity contribution in [2.75, 3.05) is 36.4 Å². The Labute approximate surface area is 239 Å². The molecule has 5 rings (SSSR count). The summed E-state index contributed by atoms with van der Waals surface area (Å²) in [4.78, 5) is 67.1. The highest BCUT2D eigenvalue weighted by Gasteiger charge is 2.26. The molecule has 11 heteroatoms. The molecule has 0 atom stereocenters. The number of fused-ring (bicyclic) bond motifs is 1. The smallest absolute Gasteiger partial charge is 0.263 e. The average Bonchev–Trinajstić information content (AvgIpc) is 3.48. The summed E-state index contributed by atoms with van der Waals surface area (Å²) >= 11 is 0. The summed E-state index contributed by atoms with van der Waals surface area (Å²) in [5.74, 6) is 0.869. The second-order valence-corrected chi connectivity index (χ2v) is 11.1. The molecule has 1 aliphatic heterocycles. The fraction of sp³-hybridized carbons (Fsp3) is 0.500. The maximum atomic E-state index is 13.4. The molecule has 1 amide bonds. The predicted molar refractivity (Wildman–Crippen MR) is 157 cm³/mol. The molecule has 0 radical (unpaired) electrons. The Morgan fingerprint density at radius 2 is 1.71 bits per heavy atom. The monoisotopic (exact) mass is 559 g/mol. The SMILES string of the molecule is CC(=O)CCCC(=O)N1CCN(c2ccc(Nc3ncc4c(C)c(C(C)=O)c(=O)n(C5CCCC5)c4n3)nc2)CC1. The van der Waals surface area contributed by atoms with Crippen LogP contribution in [-0.2, 0) is 9.59 Å². The zero-order chi connectivity index (χ0) is 29.1. The minimum atomic E-state index is -0.278. The third-order valence-electron chi connectivity index (χ3n) is 8.16. The summed E-state index contributed by atoms with van der Waals surface area (Å²) < 4.78 is 1.70. The van der Waals surface area contributed by atoms with Gasteiger partial charge in [0.2, 0.25) is 11.9 Å². The van der Waals surface area contributed by atoms with Gasteiger partial charge in [0.1, 0.15) is 17.2 Å². The third-order valence-corrected chi connectivity index (χ3v) is 8.16. The number of rotatable bonds is 9. The van der Waals surface area contributed by atoms with E-state index < -0.39 is 0 Å². The lowest BCUT2D eigenvalue weighted by atomic mass is 10.0.